The molecular formula is C6H13O4P. The third-order valence-electron chi connectivity index (χ3n) is 1.17. The summed E-state index contributed by atoms with van der Waals surface area (Å²) in [5, 5.41) is 0. The first-order chi connectivity index (χ1) is 5.07. The second-order valence-electron chi connectivity index (χ2n) is 2.25. The number of rotatable bonds is 4. The lowest BCUT2D eigenvalue weighted by atomic mass is 10.2. The molecule has 0 aromatic rings. The Morgan fingerprint density at radius 3 is 2.64 bits per heavy atom. The third-order valence-corrected chi connectivity index (χ3v) is 2.13. The molecule has 0 rings (SSSR count). The first-order valence-electron chi connectivity index (χ1n) is 3.46. The van der Waals surface area contributed by atoms with Gasteiger partial charge in [-0.15, -0.1) is 0 Å². The summed E-state index contributed by atoms with van der Waals surface area (Å²) >= 11 is 0. The Hall–Kier alpha value is -0.340. The average molecular weight is 180 g/mol. The normalized spacial score (nSPS) is 15.5. The van der Waals surface area contributed by atoms with Crippen molar-refractivity contribution in [3.05, 3.63) is 0 Å². The van der Waals surface area contributed by atoms with E-state index in [1.54, 1.807) is 13.8 Å². The summed E-state index contributed by atoms with van der Waals surface area (Å²) in [5.41, 5.74) is 0. The summed E-state index contributed by atoms with van der Waals surface area (Å²) in [6.07, 6.45) is 0.0174. The van der Waals surface area contributed by atoms with Crippen LogP contribution in [-0.4, -0.2) is 23.6 Å². The number of hydrogen-bond donors (Lipinski definition) is 1. The zero-order valence-corrected chi connectivity index (χ0v) is 7.66. The smallest absolute Gasteiger partial charge is 0.309 e. The van der Waals surface area contributed by atoms with Crippen molar-refractivity contribution >= 4 is 14.0 Å². The van der Waals surface area contributed by atoms with E-state index >= 15 is 0 Å². The predicted molar refractivity (Wildman–Crippen MR) is 41.9 cm³/mol. The lowest BCUT2D eigenvalue weighted by molar-refractivity contribution is -0.146. The fraction of sp³-hybridized carbons (Fsp3) is 0.833. The lowest BCUT2D eigenvalue weighted by Gasteiger charge is -2.07. The van der Waals surface area contributed by atoms with Crippen LogP contribution in [0.2, 0.25) is 0 Å². The average Bonchev–Trinajstić information content (AvgIpc) is 1.86. The monoisotopic (exact) mass is 180 g/mol. The van der Waals surface area contributed by atoms with Crippen molar-refractivity contribution in [3.8, 4) is 0 Å². The topological polar surface area (TPSA) is 63.6 Å². The van der Waals surface area contributed by atoms with E-state index in [-0.39, 0.29) is 6.16 Å². The van der Waals surface area contributed by atoms with Gasteiger partial charge in [0, 0.05) is 6.16 Å². The molecule has 0 spiro atoms. The molecule has 0 aliphatic rings. The molecule has 66 valence electrons. The third kappa shape index (κ3) is 4.99. The van der Waals surface area contributed by atoms with E-state index in [0.717, 1.165) is 0 Å². The SMILES string of the molecule is CCOC(=O)C(C)C[PH](=O)O. The van der Waals surface area contributed by atoms with Crippen LogP contribution in [0.4, 0.5) is 0 Å². The highest BCUT2D eigenvalue weighted by Gasteiger charge is 2.15. The van der Waals surface area contributed by atoms with E-state index in [9.17, 15) is 9.36 Å². The molecule has 0 fully saturated rings. The zero-order valence-electron chi connectivity index (χ0n) is 6.66. The molecule has 0 radical (unpaired) electrons. The van der Waals surface area contributed by atoms with Gasteiger partial charge in [-0.3, -0.25) is 9.36 Å². The van der Waals surface area contributed by atoms with Gasteiger partial charge in [0.25, 0.3) is 0 Å². The van der Waals surface area contributed by atoms with Crippen LogP contribution in [0.5, 0.6) is 0 Å². The van der Waals surface area contributed by atoms with Crippen molar-refractivity contribution in [1.29, 1.82) is 0 Å². The summed E-state index contributed by atoms with van der Waals surface area (Å²) in [7, 11) is -2.55. The van der Waals surface area contributed by atoms with Crippen LogP contribution < -0.4 is 0 Å². The van der Waals surface area contributed by atoms with E-state index in [1.165, 1.54) is 0 Å². The summed E-state index contributed by atoms with van der Waals surface area (Å²) in [6, 6.07) is 0. The maximum Gasteiger partial charge on any atom is 0.309 e. The van der Waals surface area contributed by atoms with Crippen LogP contribution in [0.3, 0.4) is 0 Å². The van der Waals surface area contributed by atoms with Gasteiger partial charge in [0.05, 0.1) is 12.5 Å². The quantitative estimate of drug-likeness (QED) is 0.509. The molecule has 0 amide bonds. The Bertz CT molecular complexity index is 157. The number of hydrogen-bond acceptors (Lipinski definition) is 3. The van der Waals surface area contributed by atoms with Crippen LogP contribution in [0.1, 0.15) is 13.8 Å². The standard InChI is InChI=1S/C6H13O4P/c1-3-10-6(7)5(2)4-11(8)9/h5,11H,3-4H2,1-2H3,(H,8,9). The van der Waals surface area contributed by atoms with E-state index in [2.05, 4.69) is 4.74 Å². The van der Waals surface area contributed by atoms with Gasteiger partial charge in [0.15, 0.2) is 8.03 Å². The Kier molecular flexibility index (Phi) is 5.16. The highest BCUT2D eigenvalue weighted by Crippen LogP contribution is 2.18. The van der Waals surface area contributed by atoms with E-state index < -0.39 is 19.9 Å². The Balaban J connectivity index is 3.73. The summed E-state index contributed by atoms with van der Waals surface area (Å²) in [4.78, 5) is 19.3. The number of esters is 1. The number of ether oxygens (including phenoxy) is 1. The zero-order chi connectivity index (χ0) is 8.85. The minimum absolute atomic E-state index is 0.0174. The maximum absolute atomic E-state index is 10.8. The van der Waals surface area contributed by atoms with Crippen LogP contribution >= 0.6 is 8.03 Å². The molecule has 0 aliphatic heterocycles. The lowest BCUT2D eigenvalue weighted by Crippen LogP contribution is -2.16. The van der Waals surface area contributed by atoms with Crippen molar-refractivity contribution < 1.29 is 19.0 Å². The van der Waals surface area contributed by atoms with Crippen molar-refractivity contribution in [2.24, 2.45) is 5.92 Å². The Labute approximate surface area is 66.4 Å². The van der Waals surface area contributed by atoms with Crippen LogP contribution in [0.15, 0.2) is 0 Å². The van der Waals surface area contributed by atoms with Gasteiger partial charge < -0.3 is 9.63 Å². The van der Waals surface area contributed by atoms with E-state index in [0.29, 0.717) is 6.61 Å². The summed E-state index contributed by atoms with van der Waals surface area (Å²) < 4.78 is 14.9. The van der Waals surface area contributed by atoms with Crippen molar-refractivity contribution in [1.82, 2.24) is 0 Å². The molecule has 2 atom stereocenters. The fourth-order valence-electron chi connectivity index (χ4n) is 0.630. The largest absolute Gasteiger partial charge is 0.466 e. The minimum Gasteiger partial charge on any atom is -0.466 e. The second-order valence-corrected chi connectivity index (χ2v) is 3.45. The molecule has 0 saturated heterocycles. The number of carbonyl (C=O) groups is 1. The van der Waals surface area contributed by atoms with Crippen LogP contribution in [-0.2, 0) is 14.1 Å². The van der Waals surface area contributed by atoms with Gasteiger partial charge >= 0.3 is 5.97 Å². The highest BCUT2D eigenvalue weighted by atomic mass is 31.1. The molecular weight excluding hydrogens is 167 g/mol. The van der Waals surface area contributed by atoms with Crippen molar-refractivity contribution in [3.63, 3.8) is 0 Å². The predicted octanol–water partition coefficient (Wildman–Crippen LogP) is 0.653. The molecule has 5 heteroatoms. The molecule has 2 unspecified atom stereocenters. The minimum atomic E-state index is -2.55. The maximum atomic E-state index is 10.8. The molecule has 0 aromatic heterocycles. The molecule has 0 aromatic carbocycles. The molecule has 0 aliphatic carbocycles. The van der Waals surface area contributed by atoms with E-state index in [4.69, 9.17) is 4.89 Å². The second kappa shape index (κ2) is 5.33. The van der Waals surface area contributed by atoms with E-state index in [1.807, 2.05) is 0 Å². The fourth-order valence-corrected chi connectivity index (χ4v) is 1.32. The summed E-state index contributed by atoms with van der Waals surface area (Å²) in [6.45, 7) is 3.60. The molecule has 11 heavy (non-hydrogen) atoms. The molecule has 0 heterocycles. The first-order valence-corrected chi connectivity index (χ1v) is 5.02. The van der Waals surface area contributed by atoms with Crippen LogP contribution in [0.25, 0.3) is 0 Å². The van der Waals surface area contributed by atoms with Gasteiger partial charge in [-0.2, -0.15) is 0 Å². The van der Waals surface area contributed by atoms with Crippen molar-refractivity contribution in [2.45, 2.75) is 13.8 Å². The summed E-state index contributed by atoms with van der Waals surface area (Å²) in [5.74, 6) is -0.869. The Morgan fingerprint density at radius 2 is 2.27 bits per heavy atom. The Morgan fingerprint density at radius 1 is 1.73 bits per heavy atom. The van der Waals surface area contributed by atoms with Gasteiger partial charge in [0.2, 0.25) is 0 Å². The number of carbonyl (C=O) groups excluding carboxylic acids is 1. The van der Waals surface area contributed by atoms with Gasteiger partial charge in [-0.05, 0) is 6.92 Å². The molecule has 1 N–H and O–H groups in total. The molecule has 0 bridgehead atoms. The first kappa shape index (κ1) is 10.7. The molecule has 0 saturated carbocycles. The van der Waals surface area contributed by atoms with Crippen molar-refractivity contribution in [2.75, 3.05) is 12.8 Å². The van der Waals surface area contributed by atoms with Gasteiger partial charge in [-0.25, -0.2) is 0 Å². The highest BCUT2D eigenvalue weighted by molar-refractivity contribution is 7.38. The van der Waals surface area contributed by atoms with Gasteiger partial charge in [0.1, 0.15) is 0 Å². The molecule has 4 nitrogen and oxygen atoms in total. The van der Waals surface area contributed by atoms with Crippen LogP contribution in [0, 0.1) is 5.92 Å². The van der Waals surface area contributed by atoms with Gasteiger partial charge in [-0.1, -0.05) is 6.92 Å².